The first kappa shape index (κ1) is 15.8. The van der Waals surface area contributed by atoms with E-state index >= 15 is 0 Å². The molecule has 0 unspecified atom stereocenters. The number of hydrogen-bond acceptors (Lipinski definition) is 4. The van der Waals surface area contributed by atoms with Crippen LogP contribution in [0.2, 0.25) is 5.02 Å². The molecular formula is C12H15ClN2O3S. The zero-order valence-corrected chi connectivity index (χ0v) is 12.5. The number of sulfonamides is 1. The smallest absolute Gasteiger partial charge is 0.244 e. The van der Waals surface area contributed by atoms with Gasteiger partial charge in [0.25, 0.3) is 0 Å². The van der Waals surface area contributed by atoms with E-state index in [0.29, 0.717) is 5.75 Å². The van der Waals surface area contributed by atoms with Crippen LogP contribution in [-0.4, -0.2) is 32.9 Å². The second kappa shape index (κ2) is 6.24. The van der Waals surface area contributed by atoms with Gasteiger partial charge in [-0.15, -0.1) is 0 Å². The van der Waals surface area contributed by atoms with Crippen molar-refractivity contribution >= 4 is 21.6 Å². The van der Waals surface area contributed by atoms with Gasteiger partial charge in [0.15, 0.2) is 0 Å². The third-order valence-corrected chi connectivity index (χ3v) is 5.26. The first-order valence-corrected chi connectivity index (χ1v) is 7.35. The minimum absolute atomic E-state index is 0.0270. The molecule has 1 aromatic rings. The molecule has 5 nitrogen and oxygen atoms in total. The highest BCUT2D eigenvalue weighted by molar-refractivity contribution is 7.89. The highest BCUT2D eigenvalue weighted by Gasteiger charge is 2.27. The Kier molecular flexibility index (Phi) is 5.18. The zero-order valence-electron chi connectivity index (χ0n) is 10.9. The average Bonchev–Trinajstić information content (AvgIpc) is 2.38. The predicted molar refractivity (Wildman–Crippen MR) is 72.6 cm³/mol. The Balaban J connectivity index is 3.24. The number of methoxy groups -OCH3 is 1. The van der Waals surface area contributed by atoms with E-state index in [9.17, 15) is 8.42 Å². The van der Waals surface area contributed by atoms with Crippen LogP contribution in [0.3, 0.4) is 0 Å². The Morgan fingerprint density at radius 1 is 1.53 bits per heavy atom. The molecule has 1 atom stereocenters. The lowest BCUT2D eigenvalue weighted by Crippen LogP contribution is -2.35. The van der Waals surface area contributed by atoms with Gasteiger partial charge in [0.1, 0.15) is 10.6 Å². The molecule has 0 saturated carbocycles. The highest BCUT2D eigenvalue weighted by atomic mass is 35.5. The lowest BCUT2D eigenvalue weighted by atomic mass is 10.3. The molecule has 0 heterocycles. The van der Waals surface area contributed by atoms with Gasteiger partial charge in [-0.25, -0.2) is 8.42 Å². The maximum atomic E-state index is 12.4. The molecule has 0 radical (unpaired) electrons. The van der Waals surface area contributed by atoms with Crippen molar-refractivity contribution < 1.29 is 13.2 Å². The molecule has 19 heavy (non-hydrogen) atoms. The van der Waals surface area contributed by atoms with Crippen molar-refractivity contribution in [2.75, 3.05) is 14.2 Å². The van der Waals surface area contributed by atoms with Crippen molar-refractivity contribution in [3.05, 3.63) is 23.2 Å². The third kappa shape index (κ3) is 3.38. The zero-order chi connectivity index (χ0) is 14.6. The first-order chi connectivity index (χ1) is 8.84. The molecule has 7 heteroatoms. The molecular weight excluding hydrogens is 288 g/mol. The lowest BCUT2D eigenvalue weighted by molar-refractivity contribution is 0.391. The van der Waals surface area contributed by atoms with Crippen LogP contribution >= 0.6 is 11.6 Å². The predicted octanol–water partition coefficient (Wildman–Crippen LogP) is 2.27. The number of hydrogen-bond donors (Lipinski definition) is 0. The van der Waals surface area contributed by atoms with Gasteiger partial charge in [-0.05, 0) is 19.1 Å². The van der Waals surface area contributed by atoms with Crippen molar-refractivity contribution in [1.82, 2.24) is 4.31 Å². The van der Waals surface area contributed by atoms with Gasteiger partial charge in [-0.2, -0.15) is 9.57 Å². The van der Waals surface area contributed by atoms with E-state index in [4.69, 9.17) is 21.6 Å². The number of rotatable bonds is 5. The number of ether oxygens (including phenoxy) is 1. The summed E-state index contributed by atoms with van der Waals surface area (Å²) in [5.41, 5.74) is 0. The van der Waals surface area contributed by atoms with Crippen molar-refractivity contribution in [2.45, 2.75) is 24.3 Å². The van der Waals surface area contributed by atoms with E-state index in [-0.39, 0.29) is 16.3 Å². The van der Waals surface area contributed by atoms with Crippen LogP contribution < -0.4 is 4.74 Å². The highest BCUT2D eigenvalue weighted by Crippen LogP contribution is 2.29. The maximum absolute atomic E-state index is 12.4. The number of nitrogens with zero attached hydrogens (tertiary/aromatic N) is 2. The summed E-state index contributed by atoms with van der Waals surface area (Å²) < 4.78 is 31.0. The van der Waals surface area contributed by atoms with E-state index in [2.05, 4.69) is 0 Å². The summed E-state index contributed by atoms with van der Waals surface area (Å²) >= 11 is 5.94. The van der Waals surface area contributed by atoms with Gasteiger partial charge in [0.05, 0.1) is 24.6 Å². The summed E-state index contributed by atoms with van der Waals surface area (Å²) in [6.45, 7) is 1.66. The summed E-state index contributed by atoms with van der Waals surface area (Å²) in [5.74, 6) is 0.407. The molecule has 0 amide bonds. The summed E-state index contributed by atoms with van der Waals surface area (Å²) in [5, 5.41) is 8.76. The van der Waals surface area contributed by atoms with Crippen molar-refractivity contribution in [1.29, 1.82) is 5.26 Å². The standard InChI is InChI=1S/C12H15ClN2O3S/c1-9(6-7-14)15(2)19(16,17)12-8-10(18-3)4-5-11(12)13/h4-5,8-9H,6H2,1-3H3/t9-/m0/s1. The van der Waals surface area contributed by atoms with Crippen LogP contribution in [0.15, 0.2) is 23.1 Å². The van der Waals surface area contributed by atoms with Gasteiger partial charge < -0.3 is 4.74 Å². The Morgan fingerprint density at radius 3 is 2.68 bits per heavy atom. The molecule has 0 N–H and O–H groups in total. The fraction of sp³-hybridized carbons (Fsp3) is 0.417. The average molecular weight is 303 g/mol. The topological polar surface area (TPSA) is 70.4 Å². The monoisotopic (exact) mass is 302 g/mol. The molecule has 0 aliphatic rings. The molecule has 0 bridgehead atoms. The second-order valence-electron chi connectivity index (χ2n) is 4.03. The van der Waals surface area contributed by atoms with Crippen LogP contribution in [0, 0.1) is 11.3 Å². The normalized spacial score (nSPS) is 13.1. The SMILES string of the molecule is COc1ccc(Cl)c(S(=O)(=O)N(C)[C@@H](C)CC#N)c1. The van der Waals surface area contributed by atoms with Gasteiger partial charge in [0.2, 0.25) is 10.0 Å². The Bertz CT molecular complexity index is 595. The van der Waals surface area contributed by atoms with Crippen LogP contribution in [0.1, 0.15) is 13.3 Å². The second-order valence-corrected chi connectivity index (χ2v) is 6.40. The number of nitriles is 1. The quantitative estimate of drug-likeness (QED) is 0.836. The molecule has 1 aromatic carbocycles. The Morgan fingerprint density at radius 2 is 2.16 bits per heavy atom. The largest absolute Gasteiger partial charge is 0.497 e. The Labute approximate surface area is 118 Å². The van der Waals surface area contributed by atoms with Gasteiger partial charge in [-0.1, -0.05) is 11.6 Å². The van der Waals surface area contributed by atoms with Crippen LogP contribution in [0.25, 0.3) is 0 Å². The summed E-state index contributed by atoms with van der Waals surface area (Å²) in [6.07, 6.45) is 0.108. The van der Waals surface area contributed by atoms with E-state index in [1.165, 1.54) is 26.3 Å². The van der Waals surface area contributed by atoms with Gasteiger partial charge in [0, 0.05) is 19.2 Å². The molecule has 0 aliphatic heterocycles. The van der Waals surface area contributed by atoms with Crippen LogP contribution in [0.4, 0.5) is 0 Å². The molecule has 0 spiro atoms. The fourth-order valence-electron chi connectivity index (χ4n) is 1.46. The molecule has 0 aliphatic carbocycles. The van der Waals surface area contributed by atoms with Crippen molar-refractivity contribution in [3.63, 3.8) is 0 Å². The molecule has 104 valence electrons. The van der Waals surface area contributed by atoms with E-state index in [1.807, 2.05) is 6.07 Å². The molecule has 0 aromatic heterocycles. The number of halogens is 1. The summed E-state index contributed by atoms with van der Waals surface area (Å²) in [6, 6.07) is 5.93. The minimum Gasteiger partial charge on any atom is -0.497 e. The van der Waals surface area contributed by atoms with E-state index in [1.54, 1.807) is 13.0 Å². The lowest BCUT2D eigenvalue weighted by Gasteiger charge is -2.23. The summed E-state index contributed by atoms with van der Waals surface area (Å²) in [7, 11) is -0.884. The van der Waals surface area contributed by atoms with Crippen LogP contribution in [0.5, 0.6) is 5.75 Å². The van der Waals surface area contributed by atoms with Gasteiger partial charge >= 0.3 is 0 Å². The third-order valence-electron chi connectivity index (χ3n) is 2.80. The van der Waals surface area contributed by atoms with Crippen LogP contribution in [-0.2, 0) is 10.0 Å². The van der Waals surface area contributed by atoms with E-state index < -0.39 is 16.1 Å². The number of benzene rings is 1. The first-order valence-electron chi connectivity index (χ1n) is 5.53. The minimum atomic E-state index is -3.75. The maximum Gasteiger partial charge on any atom is 0.244 e. The molecule has 0 fully saturated rings. The van der Waals surface area contributed by atoms with Gasteiger partial charge in [-0.3, -0.25) is 0 Å². The summed E-state index contributed by atoms with van der Waals surface area (Å²) in [4.78, 5) is -0.0270. The van der Waals surface area contributed by atoms with Crippen molar-refractivity contribution in [2.24, 2.45) is 0 Å². The Hall–Kier alpha value is -1.29. The molecule has 0 saturated heterocycles. The molecule has 1 rings (SSSR count). The fourth-order valence-corrected chi connectivity index (χ4v) is 3.31. The van der Waals surface area contributed by atoms with Crippen molar-refractivity contribution in [3.8, 4) is 11.8 Å². The van der Waals surface area contributed by atoms with E-state index in [0.717, 1.165) is 4.31 Å².